The molecule has 1 N–H and O–H groups in total. The molecule has 0 aliphatic carbocycles. The number of nitrogens with zero attached hydrogens (tertiary/aromatic N) is 3. The summed E-state index contributed by atoms with van der Waals surface area (Å²) in [7, 11) is 0. The molecule has 0 saturated carbocycles. The lowest BCUT2D eigenvalue weighted by Crippen LogP contribution is -2.28. The Morgan fingerprint density at radius 3 is 2.62 bits per heavy atom. The highest BCUT2D eigenvalue weighted by Gasteiger charge is 2.17. The smallest absolute Gasteiger partial charge is 0.248 e. The number of phenolic OH excluding ortho intramolecular Hbond substituents is 1. The van der Waals surface area contributed by atoms with Gasteiger partial charge in [-0.05, 0) is 57.8 Å². The summed E-state index contributed by atoms with van der Waals surface area (Å²) in [5.41, 5.74) is 3.37. The van der Waals surface area contributed by atoms with Gasteiger partial charge in [-0.3, -0.25) is 4.90 Å². The van der Waals surface area contributed by atoms with Crippen molar-refractivity contribution in [2.45, 2.75) is 13.0 Å². The fourth-order valence-corrected chi connectivity index (χ4v) is 3.50. The molecule has 132 valence electrons. The molecule has 0 fully saturated rings. The molecule has 4 rings (SSSR count). The van der Waals surface area contributed by atoms with Crippen LogP contribution < -0.4 is 0 Å². The second-order valence-corrected chi connectivity index (χ2v) is 7.10. The van der Waals surface area contributed by atoms with E-state index in [4.69, 9.17) is 4.42 Å². The number of rotatable bonds is 4. The molecule has 26 heavy (non-hydrogen) atoms. The van der Waals surface area contributed by atoms with E-state index in [1.165, 1.54) is 5.57 Å². The number of aromatic hydroxyl groups is 1. The first-order valence-electron chi connectivity index (χ1n) is 8.47. The fourth-order valence-electron chi connectivity index (χ4n) is 3.04. The van der Waals surface area contributed by atoms with Crippen LogP contribution in [0.5, 0.6) is 5.75 Å². The van der Waals surface area contributed by atoms with E-state index in [1.54, 1.807) is 12.1 Å². The summed E-state index contributed by atoms with van der Waals surface area (Å²) in [6, 6.07) is 15.2. The minimum atomic E-state index is 0.295. The van der Waals surface area contributed by atoms with E-state index in [1.807, 2.05) is 36.4 Å². The van der Waals surface area contributed by atoms with Crippen molar-refractivity contribution in [3.63, 3.8) is 0 Å². The summed E-state index contributed by atoms with van der Waals surface area (Å²) in [5.74, 6) is 1.45. The van der Waals surface area contributed by atoms with Crippen LogP contribution in [0.2, 0.25) is 0 Å². The van der Waals surface area contributed by atoms with Crippen LogP contribution in [0.15, 0.2) is 63.5 Å². The number of aromatic nitrogens is 2. The molecule has 0 radical (unpaired) electrons. The summed E-state index contributed by atoms with van der Waals surface area (Å²) >= 11 is 3.51. The van der Waals surface area contributed by atoms with Gasteiger partial charge in [0.15, 0.2) is 0 Å². The predicted octanol–water partition coefficient (Wildman–Crippen LogP) is 4.49. The van der Waals surface area contributed by atoms with Gasteiger partial charge >= 0.3 is 0 Å². The highest BCUT2D eigenvalue weighted by atomic mass is 79.9. The zero-order chi connectivity index (χ0) is 17.9. The SMILES string of the molecule is Oc1ccc(C2=CCN(Cc3nnc(-c4ccccc4Br)o3)CC2)cc1. The molecule has 0 unspecified atom stereocenters. The molecule has 6 heteroatoms. The topological polar surface area (TPSA) is 62.4 Å². The Bertz CT molecular complexity index is 934. The van der Waals surface area contributed by atoms with E-state index in [0.717, 1.165) is 35.1 Å². The van der Waals surface area contributed by atoms with E-state index in [2.05, 4.69) is 37.1 Å². The van der Waals surface area contributed by atoms with Crippen LogP contribution in [0.3, 0.4) is 0 Å². The molecule has 1 aliphatic heterocycles. The van der Waals surface area contributed by atoms with Crippen molar-refractivity contribution in [1.82, 2.24) is 15.1 Å². The zero-order valence-electron chi connectivity index (χ0n) is 14.1. The van der Waals surface area contributed by atoms with Crippen LogP contribution in [0.1, 0.15) is 17.9 Å². The molecule has 1 aromatic heterocycles. The van der Waals surface area contributed by atoms with E-state index in [9.17, 15) is 5.11 Å². The van der Waals surface area contributed by atoms with Gasteiger partial charge < -0.3 is 9.52 Å². The molecule has 1 aliphatic rings. The van der Waals surface area contributed by atoms with Crippen LogP contribution in [-0.4, -0.2) is 33.3 Å². The van der Waals surface area contributed by atoms with Crippen LogP contribution in [-0.2, 0) is 6.54 Å². The minimum absolute atomic E-state index is 0.295. The summed E-state index contributed by atoms with van der Waals surface area (Å²) in [4.78, 5) is 2.28. The Morgan fingerprint density at radius 2 is 1.88 bits per heavy atom. The normalized spacial score (nSPS) is 15.0. The van der Waals surface area contributed by atoms with Gasteiger partial charge in [0.25, 0.3) is 0 Å². The molecule has 0 atom stereocenters. The molecule has 2 heterocycles. The lowest BCUT2D eigenvalue weighted by atomic mass is 9.99. The first kappa shape index (κ1) is 17.0. The first-order chi connectivity index (χ1) is 12.7. The van der Waals surface area contributed by atoms with Crippen molar-refractivity contribution >= 4 is 21.5 Å². The van der Waals surface area contributed by atoms with Crippen LogP contribution in [0.25, 0.3) is 17.0 Å². The van der Waals surface area contributed by atoms with Crippen molar-refractivity contribution in [2.75, 3.05) is 13.1 Å². The Kier molecular flexibility index (Phi) is 4.86. The van der Waals surface area contributed by atoms with Crippen LogP contribution in [0, 0.1) is 0 Å². The Hall–Kier alpha value is -2.44. The van der Waals surface area contributed by atoms with Gasteiger partial charge in [0.1, 0.15) is 5.75 Å². The standard InChI is InChI=1S/C20H18BrN3O2/c21-18-4-2-1-3-17(18)20-23-22-19(26-20)13-24-11-9-15(10-12-24)14-5-7-16(25)8-6-14/h1-9,25H,10-13H2. The molecule has 0 amide bonds. The summed E-state index contributed by atoms with van der Waals surface area (Å²) < 4.78 is 6.78. The number of hydrogen-bond acceptors (Lipinski definition) is 5. The quantitative estimate of drug-likeness (QED) is 0.684. The van der Waals surface area contributed by atoms with Gasteiger partial charge in [-0.1, -0.05) is 30.3 Å². The Balaban J connectivity index is 1.42. The first-order valence-corrected chi connectivity index (χ1v) is 9.26. The number of hydrogen-bond donors (Lipinski definition) is 1. The van der Waals surface area contributed by atoms with Gasteiger partial charge in [-0.2, -0.15) is 0 Å². The third-order valence-corrected chi connectivity index (χ3v) is 5.15. The molecule has 0 bridgehead atoms. The number of phenols is 1. The molecule has 0 saturated heterocycles. The van der Waals surface area contributed by atoms with Crippen LogP contribution >= 0.6 is 15.9 Å². The van der Waals surface area contributed by atoms with Crippen molar-refractivity contribution in [1.29, 1.82) is 0 Å². The molecule has 3 aromatic rings. The van der Waals surface area contributed by atoms with E-state index >= 15 is 0 Å². The summed E-state index contributed by atoms with van der Waals surface area (Å²) in [6.45, 7) is 2.40. The van der Waals surface area contributed by atoms with Gasteiger partial charge in [0.2, 0.25) is 11.8 Å². The zero-order valence-corrected chi connectivity index (χ0v) is 15.7. The number of benzene rings is 2. The van der Waals surface area contributed by atoms with Crippen LogP contribution in [0.4, 0.5) is 0 Å². The summed E-state index contributed by atoms with van der Waals surface area (Å²) in [5, 5.41) is 17.8. The molecule has 2 aromatic carbocycles. The lowest BCUT2D eigenvalue weighted by molar-refractivity contribution is 0.263. The maximum Gasteiger partial charge on any atom is 0.248 e. The van der Waals surface area contributed by atoms with E-state index < -0.39 is 0 Å². The Morgan fingerprint density at radius 1 is 1.08 bits per heavy atom. The number of halogens is 1. The van der Waals surface area contributed by atoms with Crippen molar-refractivity contribution < 1.29 is 9.52 Å². The monoisotopic (exact) mass is 411 g/mol. The third kappa shape index (κ3) is 3.71. The maximum atomic E-state index is 9.41. The van der Waals surface area contributed by atoms with E-state index in [0.29, 0.717) is 24.1 Å². The van der Waals surface area contributed by atoms with Gasteiger partial charge in [0, 0.05) is 17.6 Å². The van der Waals surface area contributed by atoms with Crippen molar-refractivity contribution in [3.05, 3.63) is 70.5 Å². The average Bonchev–Trinajstić information content (AvgIpc) is 3.12. The maximum absolute atomic E-state index is 9.41. The average molecular weight is 412 g/mol. The lowest BCUT2D eigenvalue weighted by Gasteiger charge is -2.25. The predicted molar refractivity (Wildman–Crippen MR) is 103 cm³/mol. The van der Waals surface area contributed by atoms with Gasteiger partial charge in [-0.25, -0.2) is 0 Å². The van der Waals surface area contributed by atoms with Crippen molar-refractivity contribution in [3.8, 4) is 17.2 Å². The highest BCUT2D eigenvalue weighted by Crippen LogP contribution is 2.28. The fraction of sp³-hybridized carbons (Fsp3) is 0.200. The van der Waals surface area contributed by atoms with Gasteiger partial charge in [-0.15, -0.1) is 10.2 Å². The third-order valence-electron chi connectivity index (χ3n) is 4.46. The van der Waals surface area contributed by atoms with Gasteiger partial charge in [0.05, 0.1) is 12.1 Å². The minimum Gasteiger partial charge on any atom is -0.508 e. The molecule has 5 nitrogen and oxygen atoms in total. The van der Waals surface area contributed by atoms with Crippen molar-refractivity contribution in [2.24, 2.45) is 0 Å². The van der Waals surface area contributed by atoms with E-state index in [-0.39, 0.29) is 0 Å². The molecule has 0 spiro atoms. The Labute approximate surface area is 160 Å². The largest absolute Gasteiger partial charge is 0.508 e. The molecular weight excluding hydrogens is 394 g/mol. The molecular formula is C20H18BrN3O2. The highest BCUT2D eigenvalue weighted by molar-refractivity contribution is 9.10. The summed E-state index contributed by atoms with van der Waals surface area (Å²) in [6.07, 6.45) is 3.18. The second kappa shape index (κ2) is 7.43. The second-order valence-electron chi connectivity index (χ2n) is 6.24.